The van der Waals surface area contributed by atoms with Gasteiger partial charge in [-0.3, -0.25) is 14.5 Å². The standard InChI is InChI=1S/C37H48ClFN4O6S/c1-24-10-12-31(39)34(36(45)41(3)15-8-18-48-4)43-17-7-14-37(43)23-42-16-6-5-9-26-19-28(38)21-30(37)29(26)22-49-33-13-11-27(20-32(33)42)35(44)40-50(46,47)25(24)2/h11-13,19-21,24-25,34H,5-10,14-18,22-23H2,1-4H3,(H,40,44)/b31-12-/t24-,25+,34+,37-/m0/s1. The van der Waals surface area contributed by atoms with Crippen LogP contribution in [-0.2, 0) is 38.1 Å². The number of fused-ring (bicyclic) bond motifs is 1. The van der Waals surface area contributed by atoms with Crippen molar-refractivity contribution < 1.29 is 31.9 Å². The summed E-state index contributed by atoms with van der Waals surface area (Å²) < 4.78 is 58.0. The summed E-state index contributed by atoms with van der Waals surface area (Å²) in [6, 6.07) is 7.71. The molecule has 1 N–H and O–H groups in total. The molecule has 4 aliphatic rings. The van der Waals surface area contributed by atoms with Gasteiger partial charge < -0.3 is 19.3 Å². The van der Waals surface area contributed by atoms with Crippen LogP contribution in [-0.4, -0.2) is 88.3 Å². The molecule has 2 aromatic carbocycles. The van der Waals surface area contributed by atoms with E-state index in [-0.39, 0.29) is 24.5 Å². The van der Waals surface area contributed by atoms with Crippen LogP contribution in [0.1, 0.15) is 79.4 Å². The molecule has 2 aromatic rings. The molecular weight excluding hydrogens is 683 g/mol. The zero-order valence-corrected chi connectivity index (χ0v) is 30.9. The molecule has 0 unspecified atom stereocenters. The molecule has 50 heavy (non-hydrogen) atoms. The molecule has 1 spiro atoms. The Hall–Kier alpha value is -3.19. The number of nitrogens with zero attached hydrogens (tertiary/aromatic N) is 3. The molecule has 6 rings (SSSR count). The van der Waals surface area contributed by atoms with E-state index in [9.17, 15) is 18.0 Å². The summed E-state index contributed by atoms with van der Waals surface area (Å²) in [4.78, 5) is 33.9. The fraction of sp³-hybridized carbons (Fsp3) is 0.568. The lowest BCUT2D eigenvalue weighted by Gasteiger charge is -2.47. The summed E-state index contributed by atoms with van der Waals surface area (Å²) in [6.45, 7) is 5.69. The van der Waals surface area contributed by atoms with E-state index in [1.54, 1.807) is 44.2 Å². The number of hydrogen-bond acceptors (Lipinski definition) is 8. The average Bonchev–Trinajstić information content (AvgIpc) is 3.50. The van der Waals surface area contributed by atoms with E-state index >= 15 is 4.39 Å². The fourth-order valence-electron chi connectivity index (χ4n) is 8.07. The van der Waals surface area contributed by atoms with Crippen LogP contribution in [0, 0.1) is 5.92 Å². The zero-order valence-electron chi connectivity index (χ0n) is 29.3. The average molecular weight is 731 g/mol. The molecule has 13 heteroatoms. The smallest absolute Gasteiger partial charge is 0.264 e. The number of rotatable bonds is 5. The highest BCUT2D eigenvalue weighted by Crippen LogP contribution is 2.49. The van der Waals surface area contributed by atoms with Gasteiger partial charge in [-0.25, -0.2) is 17.5 Å². The Morgan fingerprint density at radius 3 is 2.76 bits per heavy atom. The first-order chi connectivity index (χ1) is 23.9. The molecule has 2 amide bonds. The minimum absolute atomic E-state index is 0.0471. The number of carbonyl (C=O) groups excluding carboxylic acids is 2. The second kappa shape index (κ2) is 14.8. The van der Waals surface area contributed by atoms with Crippen LogP contribution in [0.5, 0.6) is 5.75 Å². The van der Waals surface area contributed by atoms with Crippen molar-refractivity contribution in [2.75, 3.05) is 51.8 Å². The third kappa shape index (κ3) is 7.00. The Kier molecular flexibility index (Phi) is 10.8. The summed E-state index contributed by atoms with van der Waals surface area (Å²) in [5, 5.41) is -0.444. The predicted octanol–water partition coefficient (Wildman–Crippen LogP) is 5.57. The number of halogens is 2. The molecule has 10 nitrogen and oxygen atoms in total. The van der Waals surface area contributed by atoms with Crippen molar-refractivity contribution in [1.29, 1.82) is 0 Å². The van der Waals surface area contributed by atoms with Gasteiger partial charge in [0.2, 0.25) is 15.9 Å². The van der Waals surface area contributed by atoms with Crippen LogP contribution in [0.4, 0.5) is 10.1 Å². The topological polar surface area (TPSA) is 108 Å². The maximum absolute atomic E-state index is 17.1. The normalized spacial score (nSPS) is 27.8. The van der Waals surface area contributed by atoms with Gasteiger partial charge in [-0.15, -0.1) is 0 Å². The number of allylic oxidation sites excluding steroid dienone is 1. The number of hydrogen-bond donors (Lipinski definition) is 1. The van der Waals surface area contributed by atoms with Crippen LogP contribution >= 0.6 is 11.6 Å². The largest absolute Gasteiger partial charge is 0.487 e. The van der Waals surface area contributed by atoms with Gasteiger partial charge >= 0.3 is 0 Å². The lowest BCUT2D eigenvalue weighted by molar-refractivity contribution is -0.137. The van der Waals surface area contributed by atoms with E-state index in [4.69, 9.17) is 21.1 Å². The molecular formula is C37H48ClFN4O6S. The molecule has 0 radical (unpaired) electrons. The summed E-state index contributed by atoms with van der Waals surface area (Å²) >= 11 is 6.89. The Morgan fingerprint density at radius 2 is 1.98 bits per heavy atom. The van der Waals surface area contributed by atoms with E-state index in [1.165, 1.54) is 13.0 Å². The van der Waals surface area contributed by atoms with Gasteiger partial charge in [-0.2, -0.15) is 0 Å². The Morgan fingerprint density at radius 1 is 1.18 bits per heavy atom. The van der Waals surface area contributed by atoms with Gasteiger partial charge in [-0.1, -0.05) is 24.6 Å². The zero-order chi connectivity index (χ0) is 35.8. The monoisotopic (exact) mass is 730 g/mol. The number of aryl methyl sites for hydroxylation is 1. The van der Waals surface area contributed by atoms with Crippen molar-refractivity contribution in [3.63, 3.8) is 0 Å². The van der Waals surface area contributed by atoms with Gasteiger partial charge in [-0.05, 0) is 105 Å². The molecule has 7 bridgehead atoms. The molecule has 272 valence electrons. The van der Waals surface area contributed by atoms with Crippen molar-refractivity contribution in [2.24, 2.45) is 5.92 Å². The van der Waals surface area contributed by atoms with Gasteiger partial charge in [0.05, 0.1) is 16.5 Å². The first kappa shape index (κ1) is 36.6. The van der Waals surface area contributed by atoms with E-state index in [0.29, 0.717) is 68.5 Å². The molecule has 0 saturated carbocycles. The number of amides is 2. The number of anilines is 1. The molecule has 4 aliphatic heterocycles. The molecule has 4 heterocycles. The van der Waals surface area contributed by atoms with Crippen LogP contribution in [0.15, 0.2) is 42.2 Å². The highest BCUT2D eigenvalue weighted by molar-refractivity contribution is 7.90. The summed E-state index contributed by atoms with van der Waals surface area (Å²) in [5.41, 5.74) is 2.96. The van der Waals surface area contributed by atoms with E-state index < -0.39 is 44.5 Å². The Balaban J connectivity index is 1.61. The van der Waals surface area contributed by atoms with Gasteiger partial charge in [0.25, 0.3) is 5.91 Å². The van der Waals surface area contributed by atoms with Crippen LogP contribution in [0.2, 0.25) is 5.02 Å². The van der Waals surface area contributed by atoms with Crippen LogP contribution in [0.25, 0.3) is 0 Å². The molecule has 1 saturated heterocycles. The number of likely N-dealkylation sites (N-methyl/N-ethyl adjacent to an activating group) is 1. The van der Waals surface area contributed by atoms with Crippen molar-refractivity contribution in [3.05, 3.63) is 69.5 Å². The number of methoxy groups -OCH3 is 1. The van der Waals surface area contributed by atoms with E-state index in [1.807, 2.05) is 17.0 Å². The van der Waals surface area contributed by atoms with Crippen molar-refractivity contribution >= 4 is 39.1 Å². The molecule has 0 aliphatic carbocycles. The number of ether oxygens (including phenoxy) is 2. The maximum atomic E-state index is 17.1. The van der Waals surface area contributed by atoms with Crippen LogP contribution in [0.3, 0.4) is 0 Å². The van der Waals surface area contributed by atoms with Crippen LogP contribution < -0.4 is 14.4 Å². The van der Waals surface area contributed by atoms with Gasteiger partial charge in [0, 0.05) is 57.5 Å². The molecule has 4 atom stereocenters. The summed E-state index contributed by atoms with van der Waals surface area (Å²) in [7, 11) is -0.836. The number of nitrogens with one attached hydrogen (secondary N) is 1. The summed E-state index contributed by atoms with van der Waals surface area (Å²) in [5.74, 6) is -1.75. The maximum Gasteiger partial charge on any atom is 0.264 e. The van der Waals surface area contributed by atoms with E-state index in [2.05, 4.69) is 9.62 Å². The van der Waals surface area contributed by atoms with Crippen molar-refractivity contribution in [1.82, 2.24) is 14.5 Å². The van der Waals surface area contributed by atoms with Gasteiger partial charge in [0.15, 0.2) is 0 Å². The third-order valence-corrected chi connectivity index (χ3v) is 13.2. The first-order valence-corrected chi connectivity index (χ1v) is 19.5. The van der Waals surface area contributed by atoms with Gasteiger partial charge in [0.1, 0.15) is 24.2 Å². The fourth-order valence-corrected chi connectivity index (χ4v) is 9.60. The Labute approximate surface area is 300 Å². The SMILES string of the molecule is COCCCN(C)C(=O)[C@H]1/C(F)=C/C[C@H](C)[C@@H](C)S(=O)(=O)NC(=O)c2ccc3c(c2)N2CCCCc4cc(Cl)cc(c4CO3)[C@]3(CCCN13)C2. The highest BCUT2D eigenvalue weighted by atomic mass is 35.5. The lowest BCUT2D eigenvalue weighted by Crippen LogP contribution is -2.58. The quantitative estimate of drug-likeness (QED) is 0.398. The molecule has 0 aromatic heterocycles. The number of benzene rings is 2. The third-order valence-electron chi connectivity index (χ3n) is 11.1. The number of sulfonamides is 1. The second-order valence-corrected chi connectivity index (χ2v) is 16.7. The number of carbonyl (C=O) groups is 2. The van der Waals surface area contributed by atoms with E-state index in [0.717, 1.165) is 36.0 Å². The minimum atomic E-state index is -4.13. The van der Waals surface area contributed by atoms with Crippen molar-refractivity contribution in [3.8, 4) is 5.75 Å². The lowest BCUT2D eigenvalue weighted by atomic mass is 9.79. The second-order valence-electron chi connectivity index (χ2n) is 14.3. The molecule has 1 fully saturated rings. The van der Waals surface area contributed by atoms with Crippen molar-refractivity contribution in [2.45, 2.75) is 82.2 Å². The highest BCUT2D eigenvalue weighted by Gasteiger charge is 2.52. The minimum Gasteiger partial charge on any atom is -0.487 e. The summed E-state index contributed by atoms with van der Waals surface area (Å²) in [6.07, 6.45) is 5.82. The first-order valence-electron chi connectivity index (χ1n) is 17.6. The predicted molar refractivity (Wildman–Crippen MR) is 192 cm³/mol. The Bertz CT molecular complexity index is 1770.